The van der Waals surface area contributed by atoms with E-state index >= 15 is 0 Å². The Bertz CT molecular complexity index is 1200. The lowest BCUT2D eigenvalue weighted by Crippen LogP contribution is -2.33. The minimum atomic E-state index is 0.818. The number of hydrogen-bond donors (Lipinski definition) is 4. The van der Waals surface area contributed by atoms with Crippen LogP contribution in [0.3, 0.4) is 0 Å². The average Bonchev–Trinajstić information content (AvgIpc) is 3.68. The van der Waals surface area contributed by atoms with Crippen LogP contribution in [0, 0.1) is 0 Å². The van der Waals surface area contributed by atoms with Gasteiger partial charge in [-0.05, 0) is 48.5 Å². The molecule has 0 amide bonds. The highest BCUT2D eigenvalue weighted by Crippen LogP contribution is 2.14. The molecular formula is C28H30N8+2. The lowest BCUT2D eigenvalue weighted by Gasteiger charge is -1.99. The first-order valence-electron chi connectivity index (χ1n) is 12.5. The number of imidazole rings is 2. The van der Waals surface area contributed by atoms with Crippen molar-refractivity contribution in [2.45, 2.75) is 39.0 Å². The molecule has 12 bridgehead atoms. The van der Waals surface area contributed by atoms with Crippen molar-refractivity contribution in [1.29, 1.82) is 0 Å². The van der Waals surface area contributed by atoms with Gasteiger partial charge in [-0.15, -0.1) is 0 Å². The zero-order valence-corrected chi connectivity index (χ0v) is 20.1. The van der Waals surface area contributed by atoms with E-state index in [2.05, 4.69) is 124 Å². The highest BCUT2D eigenvalue weighted by atomic mass is 15.1. The second kappa shape index (κ2) is 8.64. The molecule has 0 aliphatic carbocycles. The minimum absolute atomic E-state index is 0.818. The number of aromatic amines is 4. The Hall–Kier alpha value is -4.46. The van der Waals surface area contributed by atoms with Crippen LogP contribution in [0.25, 0.3) is 0 Å². The molecule has 36 heavy (non-hydrogen) atoms. The molecule has 0 fully saturated rings. The Morgan fingerprint density at radius 3 is 1.31 bits per heavy atom. The van der Waals surface area contributed by atoms with Gasteiger partial charge in [-0.2, -0.15) is 0 Å². The summed E-state index contributed by atoms with van der Waals surface area (Å²) in [7, 11) is 0. The van der Waals surface area contributed by atoms with Crippen molar-refractivity contribution in [2.24, 2.45) is 0 Å². The Labute approximate surface area is 208 Å². The number of H-pyrrole nitrogens is 4. The van der Waals surface area contributed by atoms with Gasteiger partial charge in [0.05, 0.1) is 22.8 Å². The first-order valence-corrected chi connectivity index (χ1v) is 12.5. The standard InChI is InChI=1S/C28H30N8/c1-2-22-14-24-4-6-26(31-24)16-34-10-12-36(20-34)18-28-8-7-27(32-28)17-35-11-9-33(19-35)15-25-5-3-23(30-25)13-21(1)29-22/h1-12,19-20,29-32H,13-18H2/q+2. The van der Waals surface area contributed by atoms with Crippen LogP contribution >= 0.6 is 0 Å². The van der Waals surface area contributed by atoms with Crippen LogP contribution in [-0.4, -0.2) is 29.1 Å². The predicted octanol–water partition coefficient (Wildman–Crippen LogP) is 2.87. The summed E-state index contributed by atoms with van der Waals surface area (Å²) in [6.45, 7) is 3.28. The van der Waals surface area contributed by atoms with Gasteiger partial charge in [-0.1, -0.05) is 0 Å². The first kappa shape index (κ1) is 20.9. The monoisotopic (exact) mass is 478 g/mol. The van der Waals surface area contributed by atoms with Crippen molar-refractivity contribution in [3.63, 3.8) is 0 Å². The molecule has 0 saturated heterocycles. The Morgan fingerprint density at radius 2 is 0.833 bits per heavy atom. The summed E-state index contributed by atoms with van der Waals surface area (Å²) in [6.07, 6.45) is 14.6. The molecule has 4 N–H and O–H groups in total. The van der Waals surface area contributed by atoms with E-state index < -0.39 is 0 Å². The third kappa shape index (κ3) is 4.45. The fourth-order valence-corrected chi connectivity index (χ4v) is 5.19. The summed E-state index contributed by atoms with van der Waals surface area (Å²) in [6, 6.07) is 17.5. The zero-order chi connectivity index (χ0) is 23.9. The molecule has 8 nitrogen and oxygen atoms in total. The van der Waals surface area contributed by atoms with Gasteiger partial charge in [-0.3, -0.25) is 0 Å². The zero-order valence-electron chi connectivity index (χ0n) is 20.1. The molecule has 6 aromatic rings. The molecule has 8 heteroatoms. The topological polar surface area (TPSA) is 80.8 Å². The Morgan fingerprint density at radius 1 is 0.472 bits per heavy atom. The fourth-order valence-electron chi connectivity index (χ4n) is 5.19. The van der Waals surface area contributed by atoms with Crippen LogP contribution in [0.4, 0.5) is 0 Å². The van der Waals surface area contributed by atoms with Crippen LogP contribution in [0.1, 0.15) is 45.6 Å². The maximum absolute atomic E-state index is 3.60. The third-order valence-corrected chi connectivity index (χ3v) is 6.89. The van der Waals surface area contributed by atoms with Gasteiger partial charge >= 0.3 is 0 Å². The quantitative estimate of drug-likeness (QED) is 0.242. The second-order valence-corrected chi connectivity index (χ2v) is 9.91. The van der Waals surface area contributed by atoms with E-state index in [4.69, 9.17) is 0 Å². The SMILES string of the molecule is c1cc2[nH]c1Cc1ccc([nH]1)Cn1cc[n+](c1)Cc1ccc([nH]1)C[n+]1ccn(c1)Cc1ccc([nH]1)C2. The van der Waals surface area contributed by atoms with Crippen molar-refractivity contribution >= 4 is 0 Å². The Balaban J connectivity index is 1.18. The Kier molecular flexibility index (Phi) is 5.01. The maximum Gasteiger partial charge on any atom is 0.244 e. The van der Waals surface area contributed by atoms with Crippen LogP contribution < -0.4 is 9.13 Å². The van der Waals surface area contributed by atoms with Gasteiger partial charge in [0.1, 0.15) is 51.0 Å². The van der Waals surface area contributed by atoms with Crippen LogP contribution in [0.15, 0.2) is 86.0 Å². The molecule has 0 spiro atoms. The first-order chi connectivity index (χ1) is 17.7. The van der Waals surface area contributed by atoms with Gasteiger partial charge in [0.15, 0.2) is 0 Å². The lowest BCUT2D eigenvalue weighted by molar-refractivity contribution is -0.689. The smallest absolute Gasteiger partial charge is 0.244 e. The van der Waals surface area contributed by atoms with Gasteiger partial charge < -0.3 is 19.9 Å². The minimum Gasteiger partial charge on any atom is -0.362 e. The van der Waals surface area contributed by atoms with Gasteiger partial charge in [0, 0.05) is 35.6 Å². The number of fused-ring (bicyclic) bond motifs is 12. The van der Waals surface area contributed by atoms with Crippen molar-refractivity contribution in [3.05, 3.63) is 132 Å². The summed E-state index contributed by atoms with van der Waals surface area (Å²) >= 11 is 0. The lowest BCUT2D eigenvalue weighted by atomic mass is 10.2. The van der Waals surface area contributed by atoms with Crippen LogP contribution in [0.5, 0.6) is 0 Å². The van der Waals surface area contributed by atoms with Crippen molar-refractivity contribution in [2.75, 3.05) is 0 Å². The predicted molar refractivity (Wildman–Crippen MR) is 134 cm³/mol. The molecule has 6 aromatic heterocycles. The van der Waals surface area contributed by atoms with E-state index in [1.807, 2.05) is 0 Å². The molecular weight excluding hydrogens is 448 g/mol. The number of nitrogens with zero attached hydrogens (tertiary/aromatic N) is 4. The van der Waals surface area contributed by atoms with Crippen molar-refractivity contribution < 1.29 is 9.13 Å². The normalized spacial score (nSPS) is 14.0. The van der Waals surface area contributed by atoms with Crippen LogP contribution in [0.2, 0.25) is 0 Å². The molecule has 0 radical (unpaired) electrons. The largest absolute Gasteiger partial charge is 0.362 e. The fraction of sp³-hybridized carbons (Fsp3) is 0.214. The summed E-state index contributed by atoms with van der Waals surface area (Å²) < 4.78 is 8.86. The molecule has 1 aliphatic heterocycles. The van der Waals surface area contributed by atoms with Gasteiger partial charge in [0.25, 0.3) is 0 Å². The number of rotatable bonds is 0. The van der Waals surface area contributed by atoms with Gasteiger partial charge in [0.2, 0.25) is 12.7 Å². The summed E-state index contributed by atoms with van der Waals surface area (Å²) in [5, 5.41) is 0. The third-order valence-electron chi connectivity index (χ3n) is 6.89. The van der Waals surface area contributed by atoms with E-state index in [0.717, 1.165) is 39.0 Å². The molecule has 0 aromatic carbocycles. The highest BCUT2D eigenvalue weighted by molar-refractivity contribution is 5.25. The van der Waals surface area contributed by atoms with Gasteiger partial charge in [-0.25, -0.2) is 18.3 Å². The van der Waals surface area contributed by atoms with Crippen molar-refractivity contribution in [1.82, 2.24) is 29.1 Å². The van der Waals surface area contributed by atoms with E-state index in [1.54, 1.807) is 0 Å². The average molecular weight is 479 g/mol. The molecule has 0 saturated carbocycles. The summed E-state index contributed by atoms with van der Waals surface area (Å²) in [5.74, 6) is 0. The summed E-state index contributed by atoms with van der Waals surface area (Å²) in [4.78, 5) is 14.4. The summed E-state index contributed by atoms with van der Waals surface area (Å²) in [5.41, 5.74) is 9.71. The van der Waals surface area contributed by atoms with E-state index in [9.17, 15) is 0 Å². The maximum atomic E-state index is 3.60. The van der Waals surface area contributed by atoms with E-state index in [1.165, 1.54) is 45.6 Å². The molecule has 7 heterocycles. The number of nitrogens with one attached hydrogen (secondary N) is 4. The van der Waals surface area contributed by atoms with E-state index in [0.29, 0.717) is 0 Å². The number of hydrogen-bond acceptors (Lipinski definition) is 0. The molecule has 7 rings (SSSR count). The van der Waals surface area contributed by atoms with E-state index in [-0.39, 0.29) is 0 Å². The molecule has 1 aliphatic rings. The molecule has 0 unspecified atom stereocenters. The number of aromatic nitrogens is 8. The second-order valence-electron chi connectivity index (χ2n) is 9.91. The molecule has 180 valence electrons. The highest BCUT2D eigenvalue weighted by Gasteiger charge is 2.12. The van der Waals surface area contributed by atoms with Crippen molar-refractivity contribution in [3.8, 4) is 0 Å². The van der Waals surface area contributed by atoms with Crippen LogP contribution in [-0.2, 0) is 39.0 Å². The molecule has 0 atom stereocenters.